The summed E-state index contributed by atoms with van der Waals surface area (Å²) in [5.41, 5.74) is 4.61. The number of carboxylic acids is 1. The number of carbonyl (C=O) groups excluding carboxylic acids is 2. The molecule has 4 rings (SSSR count). The fraction of sp³-hybridized carbons (Fsp3) is 0.400. The molecule has 2 aliphatic rings. The van der Waals surface area contributed by atoms with Gasteiger partial charge in [0.1, 0.15) is 6.61 Å². The Bertz CT molecular complexity index is 975. The molecule has 168 valence electrons. The van der Waals surface area contributed by atoms with E-state index < -0.39 is 18.0 Å². The second kappa shape index (κ2) is 9.42. The van der Waals surface area contributed by atoms with Crippen LogP contribution >= 0.6 is 0 Å². The third-order valence-electron chi connectivity index (χ3n) is 6.58. The molecule has 2 unspecified atom stereocenters. The van der Waals surface area contributed by atoms with Crippen LogP contribution in [0.25, 0.3) is 11.1 Å². The number of carboxylic acid groups (broad SMARTS) is 1. The number of carbonyl (C=O) groups is 3. The summed E-state index contributed by atoms with van der Waals surface area (Å²) in [5.74, 6) is -1.58. The van der Waals surface area contributed by atoms with Crippen LogP contribution in [-0.2, 0) is 14.3 Å². The van der Waals surface area contributed by atoms with E-state index in [1.54, 1.807) is 11.8 Å². The normalized spacial score (nSPS) is 19.7. The van der Waals surface area contributed by atoms with Gasteiger partial charge in [0.05, 0.1) is 5.92 Å². The third kappa shape index (κ3) is 4.33. The lowest BCUT2D eigenvalue weighted by molar-refractivity contribution is -0.149. The molecular weight excluding hydrogens is 408 g/mol. The lowest BCUT2D eigenvalue weighted by atomic mass is 9.90. The van der Waals surface area contributed by atoms with E-state index in [9.17, 15) is 19.5 Å². The van der Waals surface area contributed by atoms with Crippen LogP contribution in [-0.4, -0.2) is 53.7 Å². The second-order valence-corrected chi connectivity index (χ2v) is 8.42. The van der Waals surface area contributed by atoms with Crippen LogP contribution in [0.4, 0.5) is 4.79 Å². The molecule has 7 nitrogen and oxygen atoms in total. The Kier molecular flexibility index (Phi) is 6.44. The van der Waals surface area contributed by atoms with Gasteiger partial charge in [0, 0.05) is 31.5 Å². The predicted molar refractivity (Wildman–Crippen MR) is 119 cm³/mol. The van der Waals surface area contributed by atoms with Gasteiger partial charge in [0.25, 0.3) is 0 Å². The van der Waals surface area contributed by atoms with Crippen molar-refractivity contribution < 1.29 is 24.2 Å². The molecule has 2 aromatic rings. The number of hydrogen-bond donors (Lipinski definition) is 2. The van der Waals surface area contributed by atoms with E-state index in [1.165, 1.54) is 0 Å². The van der Waals surface area contributed by atoms with Gasteiger partial charge in [-0.3, -0.25) is 9.59 Å². The topological polar surface area (TPSA) is 95.9 Å². The van der Waals surface area contributed by atoms with E-state index in [2.05, 4.69) is 29.6 Å². The summed E-state index contributed by atoms with van der Waals surface area (Å²) in [6, 6.07) is 15.9. The lowest BCUT2D eigenvalue weighted by Gasteiger charge is -2.37. The molecule has 0 bridgehead atoms. The molecule has 1 heterocycles. The summed E-state index contributed by atoms with van der Waals surface area (Å²) in [4.78, 5) is 37.8. The first kappa shape index (κ1) is 21.9. The summed E-state index contributed by atoms with van der Waals surface area (Å²) < 4.78 is 5.48. The quantitative estimate of drug-likeness (QED) is 0.721. The minimum atomic E-state index is -0.869. The van der Waals surface area contributed by atoms with E-state index in [-0.39, 0.29) is 37.4 Å². The van der Waals surface area contributed by atoms with Crippen LogP contribution in [0.1, 0.15) is 43.2 Å². The molecule has 2 atom stereocenters. The minimum absolute atomic E-state index is 0.0167. The standard InChI is InChI=1S/C25H28N2O5/c1-16-17(24(29)30)11-6-14-27(16)23(28)12-13-26-25(31)32-15-22-20-9-4-2-7-18(20)19-8-3-5-10-21(19)22/h2-5,7-10,16-17,22H,6,11-15H2,1H3,(H,26,31)(H,29,30). The molecule has 1 saturated heterocycles. The van der Waals surface area contributed by atoms with E-state index >= 15 is 0 Å². The van der Waals surface area contributed by atoms with Crippen molar-refractivity contribution in [2.75, 3.05) is 19.7 Å². The molecule has 7 heteroatoms. The molecule has 1 fully saturated rings. The van der Waals surface area contributed by atoms with Gasteiger partial charge in [0.2, 0.25) is 5.91 Å². The fourth-order valence-electron chi connectivity index (χ4n) is 4.89. The zero-order valence-electron chi connectivity index (χ0n) is 18.1. The molecular formula is C25H28N2O5. The highest BCUT2D eigenvalue weighted by Gasteiger charge is 2.35. The third-order valence-corrected chi connectivity index (χ3v) is 6.58. The highest BCUT2D eigenvalue weighted by Crippen LogP contribution is 2.44. The summed E-state index contributed by atoms with van der Waals surface area (Å²) >= 11 is 0. The number of ether oxygens (including phenoxy) is 1. The van der Waals surface area contributed by atoms with Crippen molar-refractivity contribution >= 4 is 18.0 Å². The number of benzene rings is 2. The Morgan fingerprint density at radius 2 is 1.69 bits per heavy atom. The number of hydrogen-bond acceptors (Lipinski definition) is 4. The first-order valence-corrected chi connectivity index (χ1v) is 11.1. The summed E-state index contributed by atoms with van der Waals surface area (Å²) in [7, 11) is 0. The maximum atomic E-state index is 12.5. The van der Waals surface area contributed by atoms with Gasteiger partial charge in [-0.15, -0.1) is 0 Å². The van der Waals surface area contributed by atoms with Crippen molar-refractivity contribution in [2.24, 2.45) is 5.92 Å². The van der Waals surface area contributed by atoms with Crippen molar-refractivity contribution in [3.8, 4) is 11.1 Å². The Labute approximate surface area is 187 Å². The van der Waals surface area contributed by atoms with Crippen LogP contribution in [0.2, 0.25) is 0 Å². The zero-order valence-corrected chi connectivity index (χ0v) is 18.1. The highest BCUT2D eigenvalue weighted by molar-refractivity contribution is 5.80. The van der Waals surface area contributed by atoms with Gasteiger partial charge in [-0.2, -0.15) is 0 Å². The Morgan fingerprint density at radius 1 is 1.06 bits per heavy atom. The van der Waals surface area contributed by atoms with Crippen LogP contribution in [0.3, 0.4) is 0 Å². The molecule has 2 amide bonds. The van der Waals surface area contributed by atoms with Crippen molar-refractivity contribution in [3.05, 3.63) is 59.7 Å². The van der Waals surface area contributed by atoms with Crippen LogP contribution < -0.4 is 5.32 Å². The number of aliphatic carboxylic acids is 1. The number of amides is 2. The second-order valence-electron chi connectivity index (χ2n) is 8.42. The van der Waals surface area contributed by atoms with E-state index in [1.807, 2.05) is 24.3 Å². The molecule has 32 heavy (non-hydrogen) atoms. The van der Waals surface area contributed by atoms with Crippen molar-refractivity contribution in [1.82, 2.24) is 10.2 Å². The number of likely N-dealkylation sites (tertiary alicyclic amines) is 1. The van der Waals surface area contributed by atoms with E-state index in [4.69, 9.17) is 4.74 Å². The monoisotopic (exact) mass is 436 g/mol. The van der Waals surface area contributed by atoms with E-state index in [0.717, 1.165) is 22.3 Å². The fourth-order valence-corrected chi connectivity index (χ4v) is 4.89. The van der Waals surface area contributed by atoms with Gasteiger partial charge in [-0.1, -0.05) is 48.5 Å². The number of alkyl carbamates (subject to hydrolysis) is 1. The average Bonchev–Trinajstić information content (AvgIpc) is 3.11. The minimum Gasteiger partial charge on any atom is -0.481 e. The van der Waals surface area contributed by atoms with Crippen LogP contribution in [0, 0.1) is 5.92 Å². The first-order valence-electron chi connectivity index (χ1n) is 11.1. The number of nitrogens with one attached hydrogen (secondary N) is 1. The smallest absolute Gasteiger partial charge is 0.407 e. The molecule has 0 aromatic heterocycles. The average molecular weight is 437 g/mol. The lowest BCUT2D eigenvalue weighted by Crippen LogP contribution is -2.49. The Balaban J connectivity index is 1.27. The maximum absolute atomic E-state index is 12.5. The van der Waals surface area contributed by atoms with Crippen LogP contribution in [0.15, 0.2) is 48.5 Å². The summed E-state index contributed by atoms with van der Waals surface area (Å²) in [6.45, 7) is 2.69. The molecule has 2 aromatic carbocycles. The molecule has 0 saturated carbocycles. The van der Waals surface area contributed by atoms with Gasteiger partial charge in [-0.05, 0) is 42.0 Å². The zero-order chi connectivity index (χ0) is 22.7. The Hall–Kier alpha value is -3.35. The maximum Gasteiger partial charge on any atom is 0.407 e. The number of piperidine rings is 1. The largest absolute Gasteiger partial charge is 0.481 e. The molecule has 1 aliphatic heterocycles. The molecule has 2 N–H and O–H groups in total. The SMILES string of the molecule is CC1C(C(=O)O)CCCN1C(=O)CCNC(=O)OCC1c2ccccc2-c2ccccc21. The highest BCUT2D eigenvalue weighted by atomic mass is 16.5. The van der Waals surface area contributed by atoms with Gasteiger partial charge >= 0.3 is 12.1 Å². The van der Waals surface area contributed by atoms with Gasteiger partial charge in [0.15, 0.2) is 0 Å². The van der Waals surface area contributed by atoms with Gasteiger partial charge < -0.3 is 20.1 Å². The van der Waals surface area contributed by atoms with Crippen LogP contribution in [0.5, 0.6) is 0 Å². The molecule has 0 radical (unpaired) electrons. The van der Waals surface area contributed by atoms with Gasteiger partial charge in [-0.25, -0.2) is 4.79 Å². The molecule has 0 spiro atoms. The van der Waals surface area contributed by atoms with E-state index in [0.29, 0.717) is 19.4 Å². The number of rotatable bonds is 6. The predicted octanol–water partition coefficient (Wildman–Crippen LogP) is 3.63. The van der Waals surface area contributed by atoms with Crippen molar-refractivity contribution in [1.29, 1.82) is 0 Å². The Morgan fingerprint density at radius 3 is 2.31 bits per heavy atom. The first-order chi connectivity index (χ1) is 15.5. The number of nitrogens with zero attached hydrogens (tertiary/aromatic N) is 1. The molecule has 1 aliphatic carbocycles. The summed E-state index contributed by atoms with van der Waals surface area (Å²) in [6.07, 6.45) is 0.807. The number of fused-ring (bicyclic) bond motifs is 3. The van der Waals surface area contributed by atoms with Crippen molar-refractivity contribution in [3.63, 3.8) is 0 Å². The van der Waals surface area contributed by atoms with Crippen molar-refractivity contribution in [2.45, 2.75) is 38.1 Å². The summed E-state index contributed by atoms with van der Waals surface area (Å²) in [5, 5.41) is 12.0.